The Balaban J connectivity index is 1.67. The first-order chi connectivity index (χ1) is 12.1. The number of benzene rings is 2. The summed E-state index contributed by atoms with van der Waals surface area (Å²) in [7, 11) is 0. The largest absolute Gasteiger partial charge is 0.346 e. The molecule has 6 heteroatoms. The van der Waals surface area contributed by atoms with Gasteiger partial charge in [-0.2, -0.15) is 0 Å². The van der Waals surface area contributed by atoms with Crippen molar-refractivity contribution in [1.82, 2.24) is 20.2 Å². The maximum absolute atomic E-state index is 6.04. The fraction of sp³-hybridized carbons (Fsp3) is 0.316. The second-order valence-corrected chi connectivity index (χ2v) is 7.20. The molecule has 4 rings (SSSR count). The summed E-state index contributed by atoms with van der Waals surface area (Å²) in [5.41, 5.74) is 3.75. The van der Waals surface area contributed by atoms with Gasteiger partial charge in [0.2, 0.25) is 5.95 Å². The van der Waals surface area contributed by atoms with Crippen molar-refractivity contribution in [3.05, 3.63) is 70.2 Å². The summed E-state index contributed by atoms with van der Waals surface area (Å²) >= 11 is 6.04. The molecule has 1 aliphatic heterocycles. The molecule has 2 heterocycles. The van der Waals surface area contributed by atoms with Crippen molar-refractivity contribution in [3.63, 3.8) is 0 Å². The number of hydrogen-bond acceptors (Lipinski definition) is 4. The highest BCUT2D eigenvalue weighted by atomic mass is 35.5. The Hall–Kier alpha value is -2.40. The summed E-state index contributed by atoms with van der Waals surface area (Å²) in [4.78, 5) is 0. The van der Waals surface area contributed by atoms with Crippen LogP contribution in [0.1, 0.15) is 55.0 Å². The van der Waals surface area contributed by atoms with E-state index in [0.29, 0.717) is 11.9 Å². The molecular weight excluding hydrogens is 334 g/mol. The van der Waals surface area contributed by atoms with Crippen LogP contribution in [0.3, 0.4) is 0 Å². The molecule has 0 amide bonds. The molecule has 128 valence electrons. The van der Waals surface area contributed by atoms with Gasteiger partial charge in [0.25, 0.3) is 0 Å². The van der Waals surface area contributed by atoms with E-state index in [9.17, 15) is 0 Å². The summed E-state index contributed by atoms with van der Waals surface area (Å²) in [6.07, 6.45) is 0.876. The van der Waals surface area contributed by atoms with Gasteiger partial charge < -0.3 is 5.32 Å². The monoisotopic (exact) mass is 353 g/mol. The topological polar surface area (TPSA) is 55.6 Å². The van der Waals surface area contributed by atoms with E-state index in [2.05, 4.69) is 59.0 Å². The lowest BCUT2D eigenvalue weighted by Crippen LogP contribution is -2.28. The van der Waals surface area contributed by atoms with E-state index in [4.69, 9.17) is 11.6 Å². The van der Waals surface area contributed by atoms with Crippen LogP contribution in [0.4, 0.5) is 5.95 Å². The lowest BCUT2D eigenvalue weighted by Gasteiger charge is -2.31. The first-order valence-electron chi connectivity index (χ1n) is 8.51. The molecule has 0 unspecified atom stereocenters. The van der Waals surface area contributed by atoms with Gasteiger partial charge in [-0.1, -0.05) is 66.9 Å². The Kier molecular flexibility index (Phi) is 4.17. The van der Waals surface area contributed by atoms with Gasteiger partial charge in [0.05, 0.1) is 12.1 Å². The van der Waals surface area contributed by atoms with Crippen LogP contribution in [0.2, 0.25) is 5.02 Å². The summed E-state index contributed by atoms with van der Waals surface area (Å²) in [6.45, 7) is 4.41. The van der Waals surface area contributed by atoms with Gasteiger partial charge in [0.1, 0.15) is 0 Å². The van der Waals surface area contributed by atoms with Gasteiger partial charge >= 0.3 is 0 Å². The molecule has 25 heavy (non-hydrogen) atoms. The number of rotatable bonds is 3. The smallest absolute Gasteiger partial charge is 0.243 e. The van der Waals surface area contributed by atoms with Crippen LogP contribution < -0.4 is 5.32 Å². The van der Waals surface area contributed by atoms with E-state index in [-0.39, 0.29) is 12.1 Å². The quantitative estimate of drug-likeness (QED) is 0.747. The molecule has 1 aromatic heterocycles. The summed E-state index contributed by atoms with van der Waals surface area (Å²) in [5, 5.41) is 16.3. The Bertz CT molecular complexity index is 854. The normalized spacial score (nSPS) is 19.5. The van der Waals surface area contributed by atoms with Crippen molar-refractivity contribution in [2.75, 3.05) is 5.32 Å². The number of nitrogens with one attached hydrogen (secondary N) is 1. The fourth-order valence-corrected chi connectivity index (χ4v) is 3.46. The lowest BCUT2D eigenvalue weighted by atomic mass is 9.92. The van der Waals surface area contributed by atoms with Gasteiger partial charge in [0, 0.05) is 5.02 Å². The van der Waals surface area contributed by atoms with Crippen LogP contribution >= 0.6 is 11.6 Å². The van der Waals surface area contributed by atoms with Crippen molar-refractivity contribution in [2.45, 2.75) is 38.3 Å². The molecule has 0 fully saturated rings. The number of nitrogens with zero attached hydrogens (tertiary/aromatic N) is 4. The molecule has 2 atom stereocenters. The van der Waals surface area contributed by atoms with Gasteiger partial charge in [0.15, 0.2) is 0 Å². The maximum Gasteiger partial charge on any atom is 0.243 e. The third kappa shape index (κ3) is 3.12. The predicted octanol–water partition coefficient (Wildman–Crippen LogP) is 4.60. The summed E-state index contributed by atoms with van der Waals surface area (Å²) < 4.78 is 1.85. The van der Waals surface area contributed by atoms with E-state index >= 15 is 0 Å². The molecule has 0 radical (unpaired) electrons. The van der Waals surface area contributed by atoms with E-state index in [1.54, 1.807) is 0 Å². The number of fused-ring (bicyclic) bond motifs is 1. The van der Waals surface area contributed by atoms with E-state index in [0.717, 1.165) is 17.0 Å². The number of tetrazole rings is 1. The van der Waals surface area contributed by atoms with E-state index in [1.807, 2.05) is 28.9 Å². The van der Waals surface area contributed by atoms with Crippen LogP contribution in [-0.4, -0.2) is 20.2 Å². The average Bonchev–Trinajstić information content (AvgIpc) is 3.10. The Labute approximate surface area is 152 Å². The zero-order chi connectivity index (χ0) is 17.4. The SMILES string of the molecule is CC(C)c1ccc([C@H]2C[C@H](c3ccc(Cl)cc3)n3nnnc3N2)cc1. The predicted molar refractivity (Wildman–Crippen MR) is 98.9 cm³/mol. The molecule has 5 nitrogen and oxygen atoms in total. The van der Waals surface area contributed by atoms with Crippen molar-refractivity contribution in [1.29, 1.82) is 0 Å². The Morgan fingerprint density at radius 3 is 2.40 bits per heavy atom. The van der Waals surface area contributed by atoms with Crippen LogP contribution in [0.5, 0.6) is 0 Å². The molecule has 2 aromatic carbocycles. The van der Waals surface area contributed by atoms with Crippen LogP contribution in [0, 0.1) is 0 Å². The van der Waals surface area contributed by atoms with E-state index < -0.39 is 0 Å². The Morgan fingerprint density at radius 2 is 1.72 bits per heavy atom. The third-order valence-electron chi connectivity index (χ3n) is 4.81. The first kappa shape index (κ1) is 16.1. The Morgan fingerprint density at radius 1 is 1.04 bits per heavy atom. The summed E-state index contributed by atoms with van der Waals surface area (Å²) in [5.74, 6) is 1.23. The third-order valence-corrected chi connectivity index (χ3v) is 5.06. The minimum absolute atomic E-state index is 0.0818. The van der Waals surface area contributed by atoms with Gasteiger partial charge in [-0.05, 0) is 51.6 Å². The minimum atomic E-state index is 0.0818. The molecule has 1 N–H and O–H groups in total. The number of halogens is 1. The minimum Gasteiger partial charge on any atom is -0.346 e. The lowest BCUT2D eigenvalue weighted by molar-refractivity contribution is 0.424. The number of anilines is 1. The van der Waals surface area contributed by atoms with Crippen LogP contribution in [-0.2, 0) is 0 Å². The highest BCUT2D eigenvalue weighted by Crippen LogP contribution is 2.37. The average molecular weight is 354 g/mol. The molecule has 0 spiro atoms. The highest BCUT2D eigenvalue weighted by Gasteiger charge is 2.30. The van der Waals surface area contributed by atoms with Gasteiger partial charge in [-0.25, -0.2) is 4.68 Å². The van der Waals surface area contributed by atoms with E-state index in [1.165, 1.54) is 11.1 Å². The van der Waals surface area contributed by atoms with Crippen molar-refractivity contribution in [3.8, 4) is 0 Å². The van der Waals surface area contributed by atoms with Crippen molar-refractivity contribution < 1.29 is 0 Å². The molecule has 0 aliphatic carbocycles. The van der Waals surface area contributed by atoms with Crippen LogP contribution in [0.15, 0.2) is 48.5 Å². The molecule has 0 bridgehead atoms. The number of aromatic nitrogens is 4. The highest BCUT2D eigenvalue weighted by molar-refractivity contribution is 6.30. The van der Waals surface area contributed by atoms with Gasteiger partial charge in [-0.15, -0.1) is 0 Å². The van der Waals surface area contributed by atoms with Crippen LogP contribution in [0.25, 0.3) is 0 Å². The second kappa shape index (κ2) is 6.48. The zero-order valence-electron chi connectivity index (χ0n) is 14.2. The standard InChI is InChI=1S/C19H20ClN5/c1-12(2)13-3-5-14(6-4-13)17-11-18(15-7-9-16(20)10-8-15)25-19(21-17)22-23-24-25/h3-10,12,17-18H,11H2,1-2H3,(H,21,22,24)/t17-,18-/m1/s1. The number of hydrogen-bond donors (Lipinski definition) is 1. The maximum atomic E-state index is 6.04. The molecule has 0 saturated heterocycles. The fourth-order valence-electron chi connectivity index (χ4n) is 3.33. The molecule has 1 aliphatic rings. The molecule has 3 aromatic rings. The van der Waals surface area contributed by atoms with Crippen molar-refractivity contribution in [2.24, 2.45) is 0 Å². The first-order valence-corrected chi connectivity index (χ1v) is 8.89. The summed E-state index contributed by atoms with van der Waals surface area (Å²) in [6, 6.07) is 17.0. The molecular formula is C19H20ClN5. The zero-order valence-corrected chi connectivity index (χ0v) is 15.0. The van der Waals surface area contributed by atoms with Gasteiger partial charge in [-0.3, -0.25) is 0 Å². The molecule has 0 saturated carbocycles. The van der Waals surface area contributed by atoms with Crippen molar-refractivity contribution >= 4 is 17.5 Å². The second-order valence-electron chi connectivity index (χ2n) is 6.77.